The van der Waals surface area contributed by atoms with Crippen molar-refractivity contribution in [3.8, 4) is 11.8 Å². The summed E-state index contributed by atoms with van der Waals surface area (Å²) in [6.45, 7) is 7.83. The van der Waals surface area contributed by atoms with Crippen molar-refractivity contribution in [1.29, 1.82) is 5.26 Å². The summed E-state index contributed by atoms with van der Waals surface area (Å²) in [5, 5.41) is 9.77. The van der Waals surface area contributed by atoms with Crippen LogP contribution in [0.15, 0.2) is 34.0 Å². The number of amides is 1. The minimum atomic E-state index is -0.291. The Labute approximate surface area is 227 Å². The molecule has 1 amide bonds. The van der Waals surface area contributed by atoms with E-state index in [1.54, 1.807) is 23.5 Å². The summed E-state index contributed by atoms with van der Waals surface area (Å²) >= 11 is 6.84. The van der Waals surface area contributed by atoms with Crippen molar-refractivity contribution in [3.05, 3.63) is 61.8 Å². The van der Waals surface area contributed by atoms with E-state index in [4.69, 9.17) is 17.0 Å². The van der Waals surface area contributed by atoms with Gasteiger partial charge in [-0.3, -0.25) is 19.1 Å². The number of hydrogen-bond acceptors (Lipinski definition) is 8. The quantitative estimate of drug-likeness (QED) is 0.393. The number of carbonyl (C=O) groups excluding carboxylic acids is 1. The third-order valence-corrected chi connectivity index (χ3v) is 8.28. The van der Waals surface area contributed by atoms with Crippen molar-refractivity contribution >= 4 is 46.1 Å². The third kappa shape index (κ3) is 5.44. The van der Waals surface area contributed by atoms with Crippen LogP contribution in [-0.2, 0) is 17.8 Å². The Morgan fingerprint density at radius 1 is 1.16 bits per heavy atom. The van der Waals surface area contributed by atoms with Crippen LogP contribution in [0, 0.1) is 18.3 Å². The molecule has 37 heavy (non-hydrogen) atoms. The van der Waals surface area contributed by atoms with E-state index in [0.29, 0.717) is 34.3 Å². The molecule has 2 saturated heterocycles. The first kappa shape index (κ1) is 26.9. The van der Waals surface area contributed by atoms with E-state index in [9.17, 15) is 14.9 Å². The lowest BCUT2D eigenvalue weighted by atomic mass is 10.0. The van der Waals surface area contributed by atoms with Gasteiger partial charge in [0.25, 0.3) is 11.5 Å². The molecule has 1 aromatic carbocycles. The van der Waals surface area contributed by atoms with Crippen LogP contribution in [0.2, 0.25) is 0 Å². The van der Waals surface area contributed by atoms with E-state index in [2.05, 4.69) is 22.9 Å². The number of thioether (sulfide) groups is 1. The van der Waals surface area contributed by atoms with E-state index in [1.165, 1.54) is 11.8 Å². The molecule has 0 spiro atoms. The summed E-state index contributed by atoms with van der Waals surface area (Å²) in [5.74, 6) is 1.40. The summed E-state index contributed by atoms with van der Waals surface area (Å²) in [6, 6.07) is 9.85. The zero-order chi connectivity index (χ0) is 26.7. The Morgan fingerprint density at radius 2 is 1.84 bits per heavy atom. The fourth-order valence-corrected chi connectivity index (χ4v) is 5.94. The van der Waals surface area contributed by atoms with Gasteiger partial charge in [0.2, 0.25) is 0 Å². The van der Waals surface area contributed by atoms with Crippen LogP contribution in [-0.4, -0.2) is 71.5 Å². The molecule has 2 aliphatic heterocycles. The lowest BCUT2D eigenvalue weighted by Gasteiger charge is -2.36. The molecule has 2 aromatic rings. The topological polar surface area (TPSA) is 81.8 Å². The Bertz CT molecular complexity index is 1340. The minimum absolute atomic E-state index is 0.112. The molecule has 0 aliphatic carbocycles. The summed E-state index contributed by atoms with van der Waals surface area (Å²) in [4.78, 5) is 33.2. The monoisotopic (exact) mass is 537 g/mol. The second-order valence-electron chi connectivity index (χ2n) is 9.12. The molecule has 3 heterocycles. The molecule has 0 bridgehead atoms. The Kier molecular flexibility index (Phi) is 8.37. The third-order valence-electron chi connectivity index (χ3n) is 6.90. The SMILES string of the molecule is CCn1c(N2CCN(C)CC2)c(/C=C2\SC(=S)N(CCc3ccc(OC)cc3)C2=O)c(C)c(C#N)c1=O. The highest BCUT2D eigenvalue weighted by atomic mass is 32.2. The molecule has 2 fully saturated rings. The Hall–Kier alpha value is -3.13. The van der Waals surface area contributed by atoms with Crippen molar-refractivity contribution in [2.75, 3.05) is 51.8 Å². The minimum Gasteiger partial charge on any atom is -0.497 e. The first-order chi connectivity index (χ1) is 17.8. The van der Waals surface area contributed by atoms with E-state index < -0.39 is 0 Å². The number of anilines is 1. The molecular weight excluding hydrogens is 506 g/mol. The second kappa shape index (κ2) is 11.5. The fourth-order valence-electron chi connectivity index (χ4n) is 4.65. The van der Waals surface area contributed by atoms with Gasteiger partial charge in [-0.2, -0.15) is 5.26 Å². The number of rotatable bonds is 7. The summed E-state index contributed by atoms with van der Waals surface area (Å²) in [7, 11) is 3.71. The zero-order valence-electron chi connectivity index (χ0n) is 21.6. The smallest absolute Gasteiger partial charge is 0.270 e. The van der Waals surface area contributed by atoms with Gasteiger partial charge in [-0.15, -0.1) is 0 Å². The average molecular weight is 538 g/mol. The van der Waals surface area contributed by atoms with Gasteiger partial charge in [0.05, 0.1) is 12.0 Å². The zero-order valence-corrected chi connectivity index (χ0v) is 23.2. The summed E-state index contributed by atoms with van der Waals surface area (Å²) < 4.78 is 7.38. The maximum Gasteiger partial charge on any atom is 0.270 e. The van der Waals surface area contributed by atoms with Crippen molar-refractivity contribution in [1.82, 2.24) is 14.4 Å². The molecule has 0 atom stereocenters. The molecule has 8 nitrogen and oxygen atoms in total. The molecule has 10 heteroatoms. The molecule has 0 N–H and O–H groups in total. The highest BCUT2D eigenvalue weighted by molar-refractivity contribution is 8.26. The number of nitriles is 1. The van der Waals surface area contributed by atoms with E-state index in [1.807, 2.05) is 37.3 Å². The maximum absolute atomic E-state index is 13.4. The van der Waals surface area contributed by atoms with Crippen LogP contribution in [0.5, 0.6) is 5.75 Å². The average Bonchev–Trinajstić information content (AvgIpc) is 3.17. The molecule has 194 valence electrons. The van der Waals surface area contributed by atoms with Gasteiger partial charge in [-0.25, -0.2) is 0 Å². The first-order valence-electron chi connectivity index (χ1n) is 12.3. The van der Waals surface area contributed by atoms with E-state index in [0.717, 1.165) is 48.9 Å². The number of likely N-dealkylation sites (N-methyl/N-ethyl adjacent to an activating group) is 1. The maximum atomic E-state index is 13.4. The Morgan fingerprint density at radius 3 is 2.43 bits per heavy atom. The lowest BCUT2D eigenvalue weighted by Crippen LogP contribution is -2.47. The molecule has 0 radical (unpaired) electrons. The van der Waals surface area contributed by atoms with Crippen molar-refractivity contribution in [3.63, 3.8) is 0 Å². The van der Waals surface area contributed by atoms with Crippen molar-refractivity contribution < 1.29 is 9.53 Å². The van der Waals surface area contributed by atoms with Crippen LogP contribution in [0.25, 0.3) is 6.08 Å². The van der Waals surface area contributed by atoms with E-state index in [-0.39, 0.29) is 17.0 Å². The fraction of sp³-hybridized carbons (Fsp3) is 0.407. The molecule has 2 aliphatic rings. The van der Waals surface area contributed by atoms with Gasteiger partial charge in [0, 0.05) is 44.8 Å². The highest BCUT2D eigenvalue weighted by Crippen LogP contribution is 2.36. The van der Waals surface area contributed by atoms with Gasteiger partial charge >= 0.3 is 0 Å². The number of methoxy groups -OCH3 is 1. The van der Waals surface area contributed by atoms with Gasteiger partial charge in [-0.05, 0) is 56.7 Å². The lowest BCUT2D eigenvalue weighted by molar-refractivity contribution is -0.122. The second-order valence-corrected chi connectivity index (χ2v) is 10.8. The number of nitrogens with zero attached hydrogens (tertiary/aromatic N) is 5. The molecule has 1 aromatic heterocycles. The van der Waals surface area contributed by atoms with Crippen LogP contribution >= 0.6 is 24.0 Å². The van der Waals surface area contributed by atoms with Crippen LogP contribution in [0.3, 0.4) is 0 Å². The largest absolute Gasteiger partial charge is 0.497 e. The van der Waals surface area contributed by atoms with Gasteiger partial charge in [0.15, 0.2) is 0 Å². The number of carbonyl (C=O) groups is 1. The van der Waals surface area contributed by atoms with Crippen molar-refractivity contribution in [2.24, 2.45) is 0 Å². The number of pyridine rings is 1. The summed E-state index contributed by atoms with van der Waals surface area (Å²) in [5.41, 5.74) is 2.23. The standard InChI is InChI=1S/C27H31N5O3S2/c1-5-31-24(30-14-12-29(3)13-15-30)21(18(2)22(17-28)25(31)33)16-23-26(34)32(27(36)37-23)11-10-19-6-8-20(35-4)9-7-19/h6-9,16H,5,10-15H2,1-4H3/b23-16-. The van der Waals surface area contributed by atoms with Gasteiger partial charge in [-0.1, -0.05) is 36.1 Å². The van der Waals surface area contributed by atoms with Crippen LogP contribution in [0.4, 0.5) is 5.82 Å². The number of ether oxygens (including phenoxy) is 1. The van der Waals surface area contributed by atoms with Crippen LogP contribution < -0.4 is 15.2 Å². The molecule has 4 rings (SSSR count). The predicted molar refractivity (Wildman–Crippen MR) is 152 cm³/mol. The number of thiocarbonyl (C=S) groups is 1. The van der Waals surface area contributed by atoms with Crippen molar-refractivity contribution in [2.45, 2.75) is 26.8 Å². The van der Waals surface area contributed by atoms with E-state index >= 15 is 0 Å². The molecule has 0 saturated carbocycles. The highest BCUT2D eigenvalue weighted by Gasteiger charge is 2.33. The number of hydrogen-bond donors (Lipinski definition) is 0. The van der Waals surface area contributed by atoms with Gasteiger partial charge in [0.1, 0.15) is 27.5 Å². The number of benzene rings is 1. The predicted octanol–water partition coefficient (Wildman–Crippen LogP) is 3.25. The normalized spacial score (nSPS) is 17.5. The molecule has 0 unspecified atom stereocenters. The van der Waals surface area contributed by atoms with Gasteiger partial charge < -0.3 is 14.5 Å². The van der Waals surface area contributed by atoms with Crippen LogP contribution in [0.1, 0.15) is 29.2 Å². The first-order valence-corrected chi connectivity index (χ1v) is 13.5. The Balaban J connectivity index is 1.69. The summed E-state index contributed by atoms with van der Waals surface area (Å²) in [6.07, 6.45) is 2.48. The number of aromatic nitrogens is 1. The number of piperazine rings is 1. The molecular formula is C27H31N5O3S2.